The molecule has 1 aliphatic carbocycles. The van der Waals surface area contributed by atoms with Gasteiger partial charge in [0, 0.05) is 42.7 Å². The molecule has 1 amide bonds. The van der Waals surface area contributed by atoms with E-state index in [1.54, 1.807) is 13.1 Å². The van der Waals surface area contributed by atoms with Crippen LogP contribution in [0, 0.1) is 12.3 Å². The van der Waals surface area contributed by atoms with Crippen LogP contribution in [0.15, 0.2) is 36.8 Å². The highest BCUT2D eigenvalue weighted by Gasteiger charge is 2.67. The van der Waals surface area contributed by atoms with E-state index in [0.717, 1.165) is 16.5 Å². The van der Waals surface area contributed by atoms with Crippen LogP contribution < -0.4 is 5.32 Å². The van der Waals surface area contributed by atoms with Crippen molar-refractivity contribution in [2.24, 2.45) is 5.41 Å². The molecule has 1 unspecified atom stereocenters. The van der Waals surface area contributed by atoms with E-state index in [1.807, 2.05) is 31.1 Å². The van der Waals surface area contributed by atoms with Crippen LogP contribution in [0.25, 0.3) is 10.9 Å². The summed E-state index contributed by atoms with van der Waals surface area (Å²) in [5.41, 5.74) is 0.500. The Balaban J connectivity index is 1.48. The zero-order valence-corrected chi connectivity index (χ0v) is 20.4. The van der Waals surface area contributed by atoms with Gasteiger partial charge >= 0.3 is 6.18 Å². The lowest BCUT2D eigenvalue weighted by molar-refractivity contribution is -0.194. The van der Waals surface area contributed by atoms with Gasteiger partial charge in [-0.2, -0.15) is 18.3 Å². The molecule has 0 bridgehead atoms. The molecule has 1 saturated carbocycles. The van der Waals surface area contributed by atoms with Crippen molar-refractivity contribution in [1.29, 1.82) is 0 Å². The Morgan fingerprint density at radius 1 is 1.17 bits per heavy atom. The molecule has 2 heterocycles. The van der Waals surface area contributed by atoms with Crippen LogP contribution >= 0.6 is 0 Å². The number of nitrogens with zero attached hydrogens (tertiary/aromatic N) is 4. The van der Waals surface area contributed by atoms with E-state index in [9.17, 15) is 18.0 Å². The number of hydrogen-bond acceptors (Lipinski definition) is 5. The van der Waals surface area contributed by atoms with Crippen molar-refractivity contribution in [1.82, 2.24) is 30.4 Å². The van der Waals surface area contributed by atoms with Gasteiger partial charge in [0.1, 0.15) is 5.82 Å². The number of carbonyl (C=O) groups is 1. The van der Waals surface area contributed by atoms with Crippen molar-refractivity contribution >= 4 is 16.8 Å². The first-order chi connectivity index (χ1) is 16.5. The Kier molecular flexibility index (Phi) is 6.86. The number of benzene rings is 1. The number of alkyl halides is 3. The molecule has 3 aromatic rings. The maximum absolute atomic E-state index is 14.0. The Morgan fingerprint density at radius 2 is 1.86 bits per heavy atom. The van der Waals surface area contributed by atoms with Crippen molar-refractivity contribution in [3.8, 4) is 0 Å². The number of carbonyl (C=O) groups excluding carboxylic acids is 1. The molecule has 4 rings (SSSR count). The van der Waals surface area contributed by atoms with E-state index in [1.165, 1.54) is 12.4 Å². The minimum Gasteiger partial charge on any atom is -0.354 e. The van der Waals surface area contributed by atoms with Crippen LogP contribution in [0.1, 0.15) is 55.0 Å². The average Bonchev–Trinajstić information content (AvgIpc) is 3.49. The quantitative estimate of drug-likeness (QED) is 0.468. The number of likely N-dealkylation sites (N-methyl/N-ethyl adjacent to an activating group) is 1. The molecular weight excluding hydrogens is 457 g/mol. The van der Waals surface area contributed by atoms with Gasteiger partial charge < -0.3 is 10.2 Å². The van der Waals surface area contributed by atoms with Crippen molar-refractivity contribution < 1.29 is 18.0 Å². The van der Waals surface area contributed by atoms with Crippen LogP contribution in [0.2, 0.25) is 0 Å². The predicted molar refractivity (Wildman–Crippen MR) is 127 cm³/mol. The van der Waals surface area contributed by atoms with Crippen molar-refractivity contribution in [3.63, 3.8) is 0 Å². The Labute approximate surface area is 202 Å². The highest BCUT2D eigenvalue weighted by Crippen LogP contribution is 2.66. The zero-order valence-electron chi connectivity index (χ0n) is 20.4. The Bertz CT molecular complexity index is 1170. The molecule has 1 aromatic carbocycles. The number of amides is 1. The van der Waals surface area contributed by atoms with Gasteiger partial charge in [0.25, 0.3) is 0 Å². The highest BCUT2D eigenvalue weighted by atomic mass is 19.4. The molecule has 2 N–H and O–H groups in total. The second-order valence-corrected chi connectivity index (χ2v) is 9.81. The van der Waals surface area contributed by atoms with Gasteiger partial charge in [0.05, 0.1) is 17.1 Å². The van der Waals surface area contributed by atoms with Crippen LogP contribution in [-0.2, 0) is 4.79 Å². The largest absolute Gasteiger partial charge is 0.395 e. The summed E-state index contributed by atoms with van der Waals surface area (Å²) < 4.78 is 41.9. The van der Waals surface area contributed by atoms with Gasteiger partial charge in [-0.3, -0.25) is 9.89 Å². The standard InChI is InChI=1S/C25H31F3N6O/c1-15(17-5-6-21-18(9-17)13-32-33-21)22(34(3)4)14-31-23(35)10-20(19-11-29-16(2)30-12-19)24(7-8-24)25(26,27)28/h5-6,9,11-13,15,20,22H,7-8,10,14H2,1-4H3,(H,31,35)(H,32,33)/t15?,20-,22-/m1/s1. The summed E-state index contributed by atoms with van der Waals surface area (Å²) in [7, 11) is 3.86. The van der Waals surface area contributed by atoms with Crippen molar-refractivity contribution in [3.05, 3.63) is 53.7 Å². The van der Waals surface area contributed by atoms with E-state index < -0.39 is 23.4 Å². The average molecular weight is 489 g/mol. The number of aromatic nitrogens is 4. The number of hydrogen-bond donors (Lipinski definition) is 2. The molecule has 0 aliphatic heterocycles. The number of aromatic amines is 1. The number of H-pyrrole nitrogens is 1. The SMILES string of the molecule is Cc1ncc([C@@H](CC(=O)NC[C@H](C(C)c2ccc3[nH]ncc3c2)N(C)C)C2(C(F)(F)F)CC2)cn1. The summed E-state index contributed by atoms with van der Waals surface area (Å²) >= 11 is 0. The van der Waals surface area contributed by atoms with Gasteiger partial charge in [0.15, 0.2) is 0 Å². The smallest absolute Gasteiger partial charge is 0.354 e. The van der Waals surface area contributed by atoms with E-state index >= 15 is 0 Å². The van der Waals surface area contributed by atoms with E-state index in [2.05, 4.69) is 38.5 Å². The van der Waals surface area contributed by atoms with Gasteiger partial charge in [-0.15, -0.1) is 0 Å². The van der Waals surface area contributed by atoms with Crippen LogP contribution in [0.4, 0.5) is 13.2 Å². The van der Waals surface area contributed by atoms with Crippen LogP contribution in [-0.4, -0.2) is 63.8 Å². The second kappa shape index (κ2) is 9.56. The monoisotopic (exact) mass is 488 g/mol. The molecule has 1 fully saturated rings. The highest BCUT2D eigenvalue weighted by molar-refractivity contribution is 5.79. The molecule has 35 heavy (non-hydrogen) atoms. The molecule has 188 valence electrons. The summed E-state index contributed by atoms with van der Waals surface area (Å²) in [6.45, 7) is 4.06. The Morgan fingerprint density at radius 3 is 2.46 bits per heavy atom. The first kappa shape index (κ1) is 25.1. The summed E-state index contributed by atoms with van der Waals surface area (Å²) in [5.74, 6) is -0.877. The molecule has 7 nitrogen and oxygen atoms in total. The lowest BCUT2D eigenvalue weighted by Crippen LogP contribution is -2.44. The maximum Gasteiger partial charge on any atom is 0.395 e. The molecule has 0 radical (unpaired) electrons. The first-order valence-electron chi connectivity index (χ1n) is 11.7. The van der Waals surface area contributed by atoms with Crippen LogP contribution in [0.5, 0.6) is 0 Å². The third kappa shape index (κ3) is 5.17. The minimum absolute atomic E-state index is 0.0101. The molecule has 0 spiro atoms. The van der Waals surface area contributed by atoms with E-state index in [0.29, 0.717) is 17.9 Å². The van der Waals surface area contributed by atoms with Crippen molar-refractivity contribution in [2.45, 2.75) is 57.2 Å². The molecule has 1 aliphatic rings. The molecular formula is C25H31F3N6O. The lowest BCUT2D eigenvalue weighted by Gasteiger charge is -2.32. The maximum atomic E-state index is 14.0. The van der Waals surface area contributed by atoms with Crippen LogP contribution in [0.3, 0.4) is 0 Å². The summed E-state index contributed by atoms with van der Waals surface area (Å²) in [5, 5.41) is 10.9. The topological polar surface area (TPSA) is 86.8 Å². The van der Waals surface area contributed by atoms with E-state index in [-0.39, 0.29) is 31.2 Å². The number of rotatable bonds is 9. The molecule has 0 saturated heterocycles. The fourth-order valence-corrected chi connectivity index (χ4v) is 4.93. The third-order valence-corrected chi connectivity index (χ3v) is 7.35. The molecule has 10 heteroatoms. The van der Waals surface area contributed by atoms with Gasteiger partial charge in [0.2, 0.25) is 5.91 Å². The third-order valence-electron chi connectivity index (χ3n) is 7.35. The summed E-state index contributed by atoms with van der Waals surface area (Å²) in [6, 6.07) is 6.01. The fourth-order valence-electron chi connectivity index (χ4n) is 4.93. The molecule has 3 atom stereocenters. The van der Waals surface area contributed by atoms with Gasteiger partial charge in [-0.25, -0.2) is 9.97 Å². The fraction of sp³-hybridized carbons (Fsp3) is 0.520. The first-order valence-corrected chi connectivity index (χ1v) is 11.7. The van der Waals surface area contributed by atoms with Gasteiger partial charge in [-0.05, 0) is 63.0 Å². The zero-order chi connectivity index (χ0) is 25.4. The second-order valence-electron chi connectivity index (χ2n) is 9.81. The number of aryl methyl sites for hydroxylation is 1. The summed E-state index contributed by atoms with van der Waals surface area (Å²) in [4.78, 5) is 23.2. The lowest BCUT2D eigenvalue weighted by atomic mass is 9.81. The minimum atomic E-state index is -4.39. The predicted octanol–water partition coefficient (Wildman–Crippen LogP) is 4.33. The molecule has 2 aromatic heterocycles. The van der Waals surface area contributed by atoms with Crippen molar-refractivity contribution in [2.75, 3.05) is 20.6 Å². The number of nitrogens with one attached hydrogen (secondary N) is 2. The van der Waals surface area contributed by atoms with Gasteiger partial charge in [-0.1, -0.05) is 13.0 Å². The number of fused-ring (bicyclic) bond motifs is 1. The summed E-state index contributed by atoms with van der Waals surface area (Å²) in [6.07, 6.45) is -0.0318. The Hall–Kier alpha value is -3.01. The normalized spacial score (nSPS) is 17.8. The number of halogens is 3. The van der Waals surface area contributed by atoms with E-state index in [4.69, 9.17) is 0 Å².